The molecule has 1 rings (SSSR count). The topological polar surface area (TPSA) is 41.6 Å². The number of likely N-dealkylation sites (N-methyl/N-ethyl adjacent to an activating group) is 1. The quantitative estimate of drug-likeness (QED) is 0.731. The summed E-state index contributed by atoms with van der Waals surface area (Å²) in [5, 5.41) is 3.27. The Balaban J connectivity index is 2.20. The Bertz CT molecular complexity index is 229. The zero-order valence-corrected chi connectivity index (χ0v) is 11.4. The third-order valence-corrected chi connectivity index (χ3v) is 3.55. The summed E-state index contributed by atoms with van der Waals surface area (Å²) in [5.74, 6) is 0.770. The molecule has 0 saturated carbocycles. The molecule has 0 spiro atoms. The molecule has 1 amide bonds. The molecule has 1 N–H and O–H groups in total. The molecule has 17 heavy (non-hydrogen) atoms. The van der Waals surface area contributed by atoms with Gasteiger partial charge in [0.15, 0.2) is 0 Å². The zero-order valence-electron chi connectivity index (χ0n) is 11.4. The van der Waals surface area contributed by atoms with Gasteiger partial charge in [-0.15, -0.1) is 0 Å². The third-order valence-electron chi connectivity index (χ3n) is 3.55. The highest BCUT2D eigenvalue weighted by Crippen LogP contribution is 2.22. The van der Waals surface area contributed by atoms with Gasteiger partial charge >= 0.3 is 0 Å². The fourth-order valence-corrected chi connectivity index (χ4v) is 2.43. The summed E-state index contributed by atoms with van der Waals surface area (Å²) in [6.07, 6.45) is 2.56. The predicted octanol–water partition coefficient (Wildman–Crippen LogP) is 1.26. The number of rotatable bonds is 7. The Morgan fingerprint density at radius 2 is 2.06 bits per heavy atom. The van der Waals surface area contributed by atoms with Crippen LogP contribution in [-0.4, -0.2) is 49.7 Å². The minimum atomic E-state index is 0.196. The van der Waals surface area contributed by atoms with Crippen molar-refractivity contribution in [3.63, 3.8) is 0 Å². The van der Waals surface area contributed by atoms with E-state index < -0.39 is 0 Å². The standard InChI is InChI=1S/C13H26N2O2/c1-4-12-11(7-8-17-12)9-14-10-13(16)15(5-2)6-3/h11-12,14H,4-10H2,1-3H3. The third kappa shape index (κ3) is 4.28. The maximum absolute atomic E-state index is 11.8. The molecule has 1 aliphatic rings. The van der Waals surface area contributed by atoms with Crippen molar-refractivity contribution < 1.29 is 9.53 Å². The van der Waals surface area contributed by atoms with Crippen molar-refractivity contribution in [2.24, 2.45) is 5.92 Å². The van der Waals surface area contributed by atoms with E-state index >= 15 is 0 Å². The molecule has 0 aliphatic carbocycles. The van der Waals surface area contributed by atoms with E-state index in [1.807, 2.05) is 18.7 Å². The van der Waals surface area contributed by atoms with E-state index in [1.165, 1.54) is 0 Å². The Labute approximate surface area is 105 Å². The van der Waals surface area contributed by atoms with Gasteiger partial charge in [0, 0.05) is 26.2 Å². The van der Waals surface area contributed by atoms with Crippen molar-refractivity contribution in [2.75, 3.05) is 32.8 Å². The first kappa shape index (κ1) is 14.5. The van der Waals surface area contributed by atoms with Crippen LogP contribution in [0.5, 0.6) is 0 Å². The summed E-state index contributed by atoms with van der Waals surface area (Å²) in [5.41, 5.74) is 0. The number of hydrogen-bond donors (Lipinski definition) is 1. The molecule has 0 aromatic heterocycles. The van der Waals surface area contributed by atoms with E-state index in [-0.39, 0.29) is 5.91 Å². The minimum absolute atomic E-state index is 0.196. The van der Waals surface area contributed by atoms with Gasteiger partial charge in [0.25, 0.3) is 0 Å². The lowest BCUT2D eigenvalue weighted by Crippen LogP contribution is -2.40. The van der Waals surface area contributed by atoms with Crippen molar-refractivity contribution in [3.8, 4) is 0 Å². The first-order chi connectivity index (χ1) is 8.22. The molecule has 4 nitrogen and oxygen atoms in total. The van der Waals surface area contributed by atoms with Crippen LogP contribution in [0.3, 0.4) is 0 Å². The molecule has 2 atom stereocenters. The highest BCUT2D eigenvalue weighted by Gasteiger charge is 2.26. The first-order valence-corrected chi connectivity index (χ1v) is 6.82. The average Bonchev–Trinajstić information content (AvgIpc) is 2.78. The molecule has 100 valence electrons. The molecule has 0 radical (unpaired) electrons. The molecular formula is C13H26N2O2. The molecule has 4 heteroatoms. The summed E-state index contributed by atoms with van der Waals surface area (Å²) in [7, 11) is 0. The maximum atomic E-state index is 11.8. The largest absolute Gasteiger partial charge is 0.378 e. The van der Waals surface area contributed by atoms with Gasteiger partial charge in [0.05, 0.1) is 12.6 Å². The minimum Gasteiger partial charge on any atom is -0.378 e. The van der Waals surface area contributed by atoms with Crippen molar-refractivity contribution in [2.45, 2.75) is 39.7 Å². The van der Waals surface area contributed by atoms with Gasteiger partial charge < -0.3 is 15.0 Å². The average molecular weight is 242 g/mol. The van der Waals surface area contributed by atoms with Crippen molar-refractivity contribution in [1.29, 1.82) is 0 Å². The van der Waals surface area contributed by atoms with Crippen LogP contribution in [0.1, 0.15) is 33.6 Å². The van der Waals surface area contributed by atoms with Gasteiger partial charge in [-0.25, -0.2) is 0 Å². The van der Waals surface area contributed by atoms with Gasteiger partial charge in [-0.05, 0) is 32.6 Å². The number of carbonyl (C=O) groups excluding carboxylic acids is 1. The Kier molecular flexibility index (Phi) is 6.52. The lowest BCUT2D eigenvalue weighted by atomic mass is 10.00. The molecule has 1 aliphatic heterocycles. The van der Waals surface area contributed by atoms with Gasteiger partial charge in [-0.1, -0.05) is 6.92 Å². The van der Waals surface area contributed by atoms with E-state index in [0.717, 1.165) is 39.1 Å². The zero-order chi connectivity index (χ0) is 12.7. The van der Waals surface area contributed by atoms with E-state index in [0.29, 0.717) is 18.6 Å². The molecular weight excluding hydrogens is 216 g/mol. The Hall–Kier alpha value is -0.610. The molecule has 2 unspecified atom stereocenters. The van der Waals surface area contributed by atoms with E-state index in [4.69, 9.17) is 4.74 Å². The van der Waals surface area contributed by atoms with Crippen molar-refractivity contribution in [3.05, 3.63) is 0 Å². The normalized spacial score (nSPS) is 23.9. The van der Waals surface area contributed by atoms with Gasteiger partial charge in [0.2, 0.25) is 5.91 Å². The van der Waals surface area contributed by atoms with E-state index in [9.17, 15) is 4.79 Å². The lowest BCUT2D eigenvalue weighted by molar-refractivity contribution is -0.129. The Morgan fingerprint density at radius 3 is 2.65 bits per heavy atom. The summed E-state index contributed by atoms with van der Waals surface area (Å²) in [4.78, 5) is 13.6. The first-order valence-electron chi connectivity index (χ1n) is 6.82. The number of ether oxygens (including phenoxy) is 1. The number of nitrogens with zero attached hydrogens (tertiary/aromatic N) is 1. The monoisotopic (exact) mass is 242 g/mol. The second-order valence-corrected chi connectivity index (χ2v) is 4.56. The van der Waals surface area contributed by atoms with Crippen molar-refractivity contribution >= 4 is 5.91 Å². The molecule has 1 saturated heterocycles. The van der Waals surface area contributed by atoms with Gasteiger partial charge in [0.1, 0.15) is 0 Å². The SMILES string of the molecule is CCC1OCCC1CNCC(=O)N(CC)CC. The van der Waals surface area contributed by atoms with E-state index in [2.05, 4.69) is 12.2 Å². The van der Waals surface area contributed by atoms with Crippen LogP contribution in [0.15, 0.2) is 0 Å². The number of hydrogen-bond acceptors (Lipinski definition) is 3. The number of carbonyl (C=O) groups is 1. The second kappa shape index (κ2) is 7.67. The van der Waals surface area contributed by atoms with Crippen LogP contribution in [-0.2, 0) is 9.53 Å². The summed E-state index contributed by atoms with van der Waals surface area (Å²) in [6.45, 7) is 9.99. The van der Waals surface area contributed by atoms with Gasteiger partial charge in [-0.2, -0.15) is 0 Å². The van der Waals surface area contributed by atoms with Crippen LogP contribution in [0.25, 0.3) is 0 Å². The molecule has 0 aromatic carbocycles. The highest BCUT2D eigenvalue weighted by molar-refractivity contribution is 5.78. The fourth-order valence-electron chi connectivity index (χ4n) is 2.43. The number of nitrogens with one attached hydrogen (secondary N) is 1. The molecule has 0 bridgehead atoms. The Morgan fingerprint density at radius 1 is 1.35 bits per heavy atom. The summed E-state index contributed by atoms with van der Waals surface area (Å²) < 4.78 is 5.63. The molecule has 1 heterocycles. The maximum Gasteiger partial charge on any atom is 0.236 e. The van der Waals surface area contributed by atoms with E-state index in [1.54, 1.807) is 0 Å². The number of amides is 1. The summed E-state index contributed by atoms with van der Waals surface area (Å²) in [6, 6.07) is 0. The fraction of sp³-hybridized carbons (Fsp3) is 0.923. The van der Waals surface area contributed by atoms with Crippen molar-refractivity contribution in [1.82, 2.24) is 10.2 Å². The lowest BCUT2D eigenvalue weighted by Gasteiger charge is -2.21. The van der Waals surface area contributed by atoms with Crippen LogP contribution in [0, 0.1) is 5.92 Å². The molecule has 1 fully saturated rings. The molecule has 0 aromatic rings. The van der Waals surface area contributed by atoms with Crippen LogP contribution in [0.4, 0.5) is 0 Å². The van der Waals surface area contributed by atoms with Crippen LogP contribution in [0.2, 0.25) is 0 Å². The highest BCUT2D eigenvalue weighted by atomic mass is 16.5. The summed E-state index contributed by atoms with van der Waals surface area (Å²) >= 11 is 0. The van der Waals surface area contributed by atoms with Crippen LogP contribution < -0.4 is 5.32 Å². The van der Waals surface area contributed by atoms with Crippen LogP contribution >= 0.6 is 0 Å². The smallest absolute Gasteiger partial charge is 0.236 e. The van der Waals surface area contributed by atoms with Gasteiger partial charge in [-0.3, -0.25) is 4.79 Å². The predicted molar refractivity (Wildman–Crippen MR) is 68.9 cm³/mol. The second-order valence-electron chi connectivity index (χ2n) is 4.56.